The molecule has 37 heavy (non-hydrogen) atoms. The van der Waals surface area contributed by atoms with Gasteiger partial charge in [-0.3, -0.25) is 9.69 Å². The van der Waals surface area contributed by atoms with Crippen molar-refractivity contribution in [3.63, 3.8) is 0 Å². The molecule has 3 atom stereocenters. The van der Waals surface area contributed by atoms with Crippen molar-refractivity contribution >= 4 is 34.4 Å². The summed E-state index contributed by atoms with van der Waals surface area (Å²) in [5.41, 5.74) is 1.79. The third-order valence-electron chi connectivity index (χ3n) is 6.47. The molecule has 0 spiro atoms. The standard InChI is InChI=1S/C26H26N4O6S/c1-15(16-6-4-3-5-7-16)19(13-27-25-28-18(14-37-25)24(32)34-2)30-23(31)22(29-26(30)33)17-8-9-20-21(12-17)36-11-10-35-20/h3-9,12,14-15,19,22H,10-11,13H2,1-2H3,(H,27,28)(H,29,33)/t15-,19+,22+/m0/s1. The molecular formula is C26H26N4O6S. The molecule has 3 aromatic rings. The summed E-state index contributed by atoms with van der Waals surface area (Å²) in [5, 5.41) is 8.10. The van der Waals surface area contributed by atoms with Gasteiger partial charge in [-0.1, -0.05) is 43.3 Å². The molecule has 0 radical (unpaired) electrons. The summed E-state index contributed by atoms with van der Waals surface area (Å²) in [7, 11) is 1.29. The highest BCUT2D eigenvalue weighted by Crippen LogP contribution is 2.36. The summed E-state index contributed by atoms with van der Waals surface area (Å²) in [6, 6.07) is 13.1. The largest absolute Gasteiger partial charge is 0.486 e. The number of fused-ring (bicyclic) bond motifs is 1. The molecule has 2 N–H and O–H groups in total. The summed E-state index contributed by atoms with van der Waals surface area (Å²) in [6.07, 6.45) is 0. The van der Waals surface area contributed by atoms with Crippen LogP contribution in [0.15, 0.2) is 53.9 Å². The zero-order chi connectivity index (χ0) is 25.9. The second-order valence-corrected chi connectivity index (χ2v) is 9.53. The first kappa shape index (κ1) is 24.6. The van der Waals surface area contributed by atoms with Gasteiger partial charge in [0.05, 0.1) is 13.2 Å². The molecule has 2 aliphatic rings. The van der Waals surface area contributed by atoms with E-state index >= 15 is 0 Å². The average molecular weight is 523 g/mol. The van der Waals surface area contributed by atoms with E-state index in [1.807, 2.05) is 37.3 Å². The van der Waals surface area contributed by atoms with Gasteiger partial charge in [0, 0.05) is 17.8 Å². The highest BCUT2D eigenvalue weighted by Gasteiger charge is 2.45. The van der Waals surface area contributed by atoms with Gasteiger partial charge < -0.3 is 24.8 Å². The predicted octanol–water partition coefficient (Wildman–Crippen LogP) is 3.58. The van der Waals surface area contributed by atoms with E-state index < -0.39 is 24.1 Å². The van der Waals surface area contributed by atoms with Gasteiger partial charge in [-0.05, 0) is 23.3 Å². The number of methoxy groups -OCH3 is 1. The van der Waals surface area contributed by atoms with Crippen LogP contribution in [0.2, 0.25) is 0 Å². The number of ether oxygens (including phenoxy) is 3. The van der Waals surface area contributed by atoms with E-state index in [-0.39, 0.29) is 24.1 Å². The number of benzene rings is 2. The van der Waals surface area contributed by atoms with Crippen molar-refractivity contribution in [2.75, 3.05) is 32.2 Å². The van der Waals surface area contributed by atoms with Gasteiger partial charge in [0.2, 0.25) is 0 Å². The topological polar surface area (TPSA) is 119 Å². The number of amides is 3. The summed E-state index contributed by atoms with van der Waals surface area (Å²) in [4.78, 5) is 44.2. The number of hydrogen-bond donors (Lipinski definition) is 2. The minimum atomic E-state index is -0.848. The molecule has 2 aliphatic heterocycles. The van der Waals surface area contributed by atoms with Crippen molar-refractivity contribution in [3.8, 4) is 11.5 Å². The Morgan fingerprint density at radius 1 is 1.19 bits per heavy atom. The number of imide groups is 1. The molecule has 1 fully saturated rings. The average Bonchev–Trinajstić information content (AvgIpc) is 3.53. The van der Waals surface area contributed by atoms with Crippen LogP contribution in [-0.4, -0.2) is 60.7 Å². The minimum absolute atomic E-state index is 0.191. The monoisotopic (exact) mass is 522 g/mol. The zero-order valence-electron chi connectivity index (χ0n) is 20.3. The first-order valence-corrected chi connectivity index (χ1v) is 12.7. The van der Waals surface area contributed by atoms with E-state index in [9.17, 15) is 14.4 Å². The van der Waals surface area contributed by atoms with Crippen LogP contribution >= 0.6 is 11.3 Å². The highest BCUT2D eigenvalue weighted by molar-refractivity contribution is 7.13. The van der Waals surface area contributed by atoms with Gasteiger partial charge in [0.1, 0.15) is 19.3 Å². The predicted molar refractivity (Wildman–Crippen MR) is 136 cm³/mol. The Hall–Kier alpha value is -4.12. The van der Waals surface area contributed by atoms with Crippen LogP contribution in [0.3, 0.4) is 0 Å². The first-order valence-electron chi connectivity index (χ1n) is 11.8. The number of thiazole rings is 1. The molecule has 0 unspecified atom stereocenters. The van der Waals surface area contributed by atoms with Crippen LogP contribution in [-0.2, 0) is 9.53 Å². The second-order valence-electron chi connectivity index (χ2n) is 8.67. The van der Waals surface area contributed by atoms with Crippen LogP contribution in [0.25, 0.3) is 0 Å². The number of urea groups is 1. The second kappa shape index (κ2) is 10.5. The minimum Gasteiger partial charge on any atom is -0.486 e. The molecule has 0 aliphatic carbocycles. The van der Waals surface area contributed by atoms with Crippen molar-refractivity contribution in [1.29, 1.82) is 0 Å². The fourth-order valence-electron chi connectivity index (χ4n) is 4.49. The number of rotatable bonds is 8. The maximum Gasteiger partial charge on any atom is 0.357 e. The Balaban J connectivity index is 1.41. The van der Waals surface area contributed by atoms with E-state index in [1.165, 1.54) is 23.3 Å². The van der Waals surface area contributed by atoms with E-state index in [1.54, 1.807) is 23.6 Å². The van der Waals surface area contributed by atoms with E-state index in [0.717, 1.165) is 5.56 Å². The van der Waals surface area contributed by atoms with Crippen LogP contribution in [0.4, 0.5) is 9.93 Å². The number of anilines is 1. The summed E-state index contributed by atoms with van der Waals surface area (Å²) in [5.74, 6) is 0.0754. The molecule has 3 amide bonds. The molecule has 1 saturated heterocycles. The number of esters is 1. The Morgan fingerprint density at radius 3 is 2.70 bits per heavy atom. The summed E-state index contributed by atoms with van der Waals surface area (Å²) < 4.78 is 16.0. The molecule has 0 bridgehead atoms. The van der Waals surface area contributed by atoms with Gasteiger partial charge in [-0.15, -0.1) is 11.3 Å². The maximum absolute atomic E-state index is 13.7. The van der Waals surface area contributed by atoms with Gasteiger partial charge in [-0.25, -0.2) is 14.6 Å². The number of nitrogens with one attached hydrogen (secondary N) is 2. The zero-order valence-corrected chi connectivity index (χ0v) is 21.1. The Morgan fingerprint density at radius 2 is 1.95 bits per heavy atom. The smallest absolute Gasteiger partial charge is 0.357 e. The summed E-state index contributed by atoms with van der Waals surface area (Å²) in [6.45, 7) is 3.09. The van der Waals surface area contributed by atoms with Crippen molar-refractivity contribution in [2.24, 2.45) is 0 Å². The van der Waals surface area contributed by atoms with Crippen molar-refractivity contribution in [2.45, 2.75) is 24.9 Å². The van der Waals surface area contributed by atoms with Crippen LogP contribution in [0.1, 0.15) is 40.5 Å². The molecule has 11 heteroatoms. The number of carbonyl (C=O) groups is 3. The molecule has 2 aromatic carbocycles. The lowest BCUT2D eigenvalue weighted by atomic mass is 9.92. The maximum atomic E-state index is 13.7. The lowest BCUT2D eigenvalue weighted by molar-refractivity contribution is -0.129. The molecule has 1 aromatic heterocycles. The Kier molecular flexibility index (Phi) is 6.95. The third-order valence-corrected chi connectivity index (χ3v) is 7.27. The molecule has 192 valence electrons. The fraction of sp³-hybridized carbons (Fsp3) is 0.308. The van der Waals surface area contributed by atoms with Gasteiger partial charge in [0.15, 0.2) is 22.3 Å². The Bertz CT molecular complexity index is 1310. The lowest BCUT2D eigenvalue weighted by Crippen LogP contribution is -2.47. The van der Waals surface area contributed by atoms with Crippen LogP contribution < -0.4 is 20.1 Å². The van der Waals surface area contributed by atoms with E-state index in [0.29, 0.717) is 35.4 Å². The quantitative estimate of drug-likeness (QED) is 0.340. The van der Waals surface area contributed by atoms with Gasteiger partial charge in [0.25, 0.3) is 5.91 Å². The Labute approximate surface area is 217 Å². The fourth-order valence-corrected chi connectivity index (χ4v) is 5.18. The molecular weight excluding hydrogens is 496 g/mol. The highest BCUT2D eigenvalue weighted by atomic mass is 32.1. The van der Waals surface area contributed by atoms with E-state index in [2.05, 4.69) is 15.6 Å². The SMILES string of the molecule is COC(=O)c1csc(NC[C@H]([C@@H](C)c2ccccc2)N2C(=O)N[C@H](c3ccc4c(c3)OCCO4)C2=O)n1. The van der Waals surface area contributed by atoms with Crippen molar-refractivity contribution in [3.05, 3.63) is 70.7 Å². The molecule has 0 saturated carbocycles. The van der Waals surface area contributed by atoms with Gasteiger partial charge >= 0.3 is 12.0 Å². The molecule has 3 heterocycles. The number of aromatic nitrogens is 1. The van der Waals surface area contributed by atoms with Crippen molar-refractivity contribution < 1.29 is 28.6 Å². The lowest BCUT2D eigenvalue weighted by Gasteiger charge is -2.31. The van der Waals surface area contributed by atoms with E-state index in [4.69, 9.17) is 14.2 Å². The van der Waals surface area contributed by atoms with Crippen LogP contribution in [0, 0.1) is 0 Å². The first-order chi connectivity index (χ1) is 18.0. The van der Waals surface area contributed by atoms with Gasteiger partial charge in [-0.2, -0.15) is 0 Å². The normalized spacial score (nSPS) is 18.2. The number of nitrogens with zero attached hydrogens (tertiary/aromatic N) is 2. The number of carbonyl (C=O) groups excluding carboxylic acids is 3. The number of hydrogen-bond acceptors (Lipinski definition) is 9. The molecule has 10 nitrogen and oxygen atoms in total. The third kappa shape index (κ3) is 4.94. The van der Waals surface area contributed by atoms with Crippen molar-refractivity contribution in [1.82, 2.24) is 15.2 Å². The van der Waals surface area contributed by atoms with Crippen LogP contribution in [0.5, 0.6) is 11.5 Å². The summed E-state index contributed by atoms with van der Waals surface area (Å²) >= 11 is 1.24. The molecule has 5 rings (SSSR count).